The van der Waals surface area contributed by atoms with Gasteiger partial charge in [0.15, 0.2) is 26.6 Å². The molecule has 1 atom stereocenters. The summed E-state index contributed by atoms with van der Waals surface area (Å²) in [4.78, 5) is 11.0. The number of nitrogens with two attached hydrogens (primary N) is 1. The van der Waals surface area contributed by atoms with Crippen LogP contribution >= 0.6 is 0 Å². The molecule has 0 saturated heterocycles. The van der Waals surface area contributed by atoms with E-state index in [-0.39, 0.29) is 17.9 Å². The van der Waals surface area contributed by atoms with Gasteiger partial charge >= 0.3 is 5.97 Å². The highest BCUT2D eigenvalue weighted by atomic mass is 32.2. The van der Waals surface area contributed by atoms with Crippen LogP contribution in [-0.4, -0.2) is 44.5 Å². The van der Waals surface area contributed by atoms with E-state index in [2.05, 4.69) is 0 Å². The van der Waals surface area contributed by atoms with E-state index in [1.165, 1.54) is 18.2 Å². The average molecular weight is 301 g/mol. The Morgan fingerprint density at radius 3 is 2.55 bits per heavy atom. The Morgan fingerprint density at radius 2 is 1.95 bits per heavy atom. The van der Waals surface area contributed by atoms with E-state index in [0.29, 0.717) is 24.7 Å². The largest absolute Gasteiger partial charge is 0.486 e. The fraction of sp³-hybridized carbons (Fsp3) is 0.417. The molecule has 1 aromatic carbocycles. The second-order valence-corrected chi connectivity index (χ2v) is 6.39. The first-order chi connectivity index (χ1) is 9.46. The minimum absolute atomic E-state index is 0.0270. The molecule has 0 aliphatic carbocycles. The van der Waals surface area contributed by atoms with Crippen molar-refractivity contribution in [3.8, 4) is 11.5 Å². The molecular weight excluding hydrogens is 286 g/mol. The van der Waals surface area contributed by atoms with Crippen LogP contribution in [0, 0.1) is 0 Å². The van der Waals surface area contributed by atoms with Gasteiger partial charge in [0.25, 0.3) is 0 Å². The van der Waals surface area contributed by atoms with Crippen LogP contribution in [0.15, 0.2) is 23.1 Å². The lowest BCUT2D eigenvalue weighted by molar-refractivity contribution is -0.136. The van der Waals surface area contributed by atoms with Crippen LogP contribution in [0.25, 0.3) is 0 Å². The molecule has 0 spiro atoms. The lowest BCUT2D eigenvalue weighted by Gasteiger charge is -2.19. The molecule has 0 saturated carbocycles. The van der Waals surface area contributed by atoms with Gasteiger partial charge in [-0.3, -0.25) is 4.79 Å². The highest BCUT2D eigenvalue weighted by Gasteiger charge is 2.34. The van der Waals surface area contributed by atoms with Gasteiger partial charge in [-0.05, 0) is 25.1 Å². The van der Waals surface area contributed by atoms with Gasteiger partial charge in [-0.25, -0.2) is 8.42 Å². The van der Waals surface area contributed by atoms with Crippen LogP contribution in [0.1, 0.15) is 6.42 Å². The van der Waals surface area contributed by atoms with E-state index in [1.807, 2.05) is 0 Å². The Hall–Kier alpha value is -1.80. The van der Waals surface area contributed by atoms with Crippen molar-refractivity contribution in [2.24, 2.45) is 5.73 Å². The predicted octanol–water partition coefficient (Wildman–Crippen LogP) is 0.0335. The van der Waals surface area contributed by atoms with Crippen molar-refractivity contribution in [2.75, 3.05) is 19.8 Å². The molecule has 110 valence electrons. The van der Waals surface area contributed by atoms with Gasteiger partial charge in [0, 0.05) is 6.07 Å². The van der Waals surface area contributed by atoms with Gasteiger partial charge in [-0.15, -0.1) is 0 Å². The summed E-state index contributed by atoms with van der Waals surface area (Å²) in [7, 11) is -4.01. The van der Waals surface area contributed by atoms with E-state index >= 15 is 0 Å². The summed E-state index contributed by atoms with van der Waals surface area (Å²) in [6.45, 7) is 0.687. The maximum absolute atomic E-state index is 12.3. The zero-order chi connectivity index (χ0) is 14.8. The zero-order valence-electron chi connectivity index (χ0n) is 10.6. The Balaban J connectivity index is 2.40. The number of carbonyl (C=O) groups is 1. The first kappa shape index (κ1) is 14.6. The number of rotatable bonds is 5. The van der Waals surface area contributed by atoms with Crippen molar-refractivity contribution in [3.63, 3.8) is 0 Å². The van der Waals surface area contributed by atoms with E-state index in [0.717, 1.165) is 0 Å². The molecule has 1 unspecified atom stereocenters. The van der Waals surface area contributed by atoms with Gasteiger partial charge in [-0.2, -0.15) is 0 Å². The monoisotopic (exact) mass is 301 g/mol. The number of aliphatic carboxylic acids is 1. The summed E-state index contributed by atoms with van der Waals surface area (Å²) in [6, 6.07) is 4.06. The number of hydrogen-bond acceptors (Lipinski definition) is 6. The first-order valence-corrected chi connectivity index (χ1v) is 7.58. The quantitative estimate of drug-likeness (QED) is 0.788. The van der Waals surface area contributed by atoms with Crippen LogP contribution in [0.2, 0.25) is 0 Å². The van der Waals surface area contributed by atoms with Crippen molar-refractivity contribution < 1.29 is 27.8 Å². The lowest BCUT2D eigenvalue weighted by atomic mass is 10.3. The number of fused-ring (bicyclic) bond motifs is 1. The number of benzene rings is 1. The molecule has 2 rings (SSSR count). The van der Waals surface area contributed by atoms with Crippen LogP contribution in [0.4, 0.5) is 0 Å². The van der Waals surface area contributed by atoms with Crippen LogP contribution in [0.5, 0.6) is 11.5 Å². The molecule has 0 aromatic heterocycles. The molecule has 1 aliphatic heterocycles. The summed E-state index contributed by atoms with van der Waals surface area (Å²) in [5.41, 5.74) is 5.28. The van der Waals surface area contributed by atoms with Crippen LogP contribution in [0.3, 0.4) is 0 Å². The number of ether oxygens (including phenoxy) is 2. The summed E-state index contributed by atoms with van der Waals surface area (Å²) in [5.74, 6) is -0.666. The third-order valence-corrected chi connectivity index (χ3v) is 5.02. The Labute approximate surface area is 116 Å². The lowest BCUT2D eigenvalue weighted by Crippen LogP contribution is -2.32. The smallest absolute Gasteiger partial charge is 0.322 e. The second-order valence-electron chi connectivity index (χ2n) is 4.25. The fourth-order valence-corrected chi connectivity index (χ4v) is 3.50. The fourth-order valence-electron chi connectivity index (χ4n) is 1.93. The Bertz CT molecular complexity index is 612. The SMILES string of the molecule is NCCC(C(=O)O)S(=O)(=O)c1ccc2c(c1)OCCO2. The third kappa shape index (κ3) is 2.70. The van der Waals surface area contributed by atoms with Gasteiger partial charge in [-0.1, -0.05) is 0 Å². The molecule has 8 heteroatoms. The minimum Gasteiger partial charge on any atom is -0.486 e. The topological polar surface area (TPSA) is 116 Å². The van der Waals surface area contributed by atoms with Gasteiger partial charge < -0.3 is 20.3 Å². The molecule has 3 N–H and O–H groups in total. The second kappa shape index (κ2) is 5.68. The zero-order valence-corrected chi connectivity index (χ0v) is 11.4. The minimum atomic E-state index is -4.01. The number of carboxylic acid groups (broad SMARTS) is 1. The molecular formula is C12H15NO6S. The van der Waals surface area contributed by atoms with Crippen LogP contribution < -0.4 is 15.2 Å². The maximum Gasteiger partial charge on any atom is 0.322 e. The van der Waals surface area contributed by atoms with Crippen molar-refractivity contribution in [1.82, 2.24) is 0 Å². The van der Waals surface area contributed by atoms with Crippen molar-refractivity contribution >= 4 is 15.8 Å². The molecule has 0 radical (unpaired) electrons. The summed E-state index contributed by atoms with van der Waals surface area (Å²) in [6.07, 6.45) is -0.147. The summed E-state index contributed by atoms with van der Waals surface area (Å²) >= 11 is 0. The van der Waals surface area contributed by atoms with E-state index in [9.17, 15) is 13.2 Å². The molecule has 20 heavy (non-hydrogen) atoms. The highest BCUT2D eigenvalue weighted by molar-refractivity contribution is 7.92. The summed E-state index contributed by atoms with van der Waals surface area (Å²) in [5, 5.41) is 7.49. The van der Waals surface area contributed by atoms with Crippen molar-refractivity contribution in [2.45, 2.75) is 16.6 Å². The highest BCUT2D eigenvalue weighted by Crippen LogP contribution is 2.33. The van der Waals surface area contributed by atoms with E-state index in [1.54, 1.807) is 0 Å². The Morgan fingerprint density at radius 1 is 1.30 bits per heavy atom. The normalized spacial score (nSPS) is 15.7. The third-order valence-electron chi connectivity index (χ3n) is 2.92. The first-order valence-electron chi connectivity index (χ1n) is 6.03. The average Bonchev–Trinajstić information content (AvgIpc) is 2.43. The predicted molar refractivity (Wildman–Crippen MR) is 69.7 cm³/mol. The molecule has 0 amide bonds. The van der Waals surface area contributed by atoms with Crippen molar-refractivity contribution in [3.05, 3.63) is 18.2 Å². The molecule has 1 heterocycles. The van der Waals surface area contributed by atoms with Gasteiger partial charge in [0.2, 0.25) is 0 Å². The summed E-state index contributed by atoms with van der Waals surface area (Å²) < 4.78 is 35.2. The molecule has 1 aliphatic rings. The van der Waals surface area contributed by atoms with E-state index < -0.39 is 21.1 Å². The number of sulfone groups is 1. The molecule has 7 nitrogen and oxygen atoms in total. The molecule has 0 fully saturated rings. The van der Waals surface area contributed by atoms with E-state index in [4.69, 9.17) is 20.3 Å². The number of carboxylic acids is 1. The standard InChI is InChI=1S/C12H15NO6S/c13-4-3-11(12(14)15)20(16,17)8-1-2-9-10(7-8)19-6-5-18-9/h1-2,7,11H,3-6,13H2,(H,14,15). The van der Waals surface area contributed by atoms with Crippen LogP contribution in [-0.2, 0) is 14.6 Å². The van der Waals surface area contributed by atoms with Gasteiger partial charge in [0.05, 0.1) is 4.90 Å². The molecule has 0 bridgehead atoms. The van der Waals surface area contributed by atoms with Gasteiger partial charge in [0.1, 0.15) is 13.2 Å². The number of hydrogen-bond donors (Lipinski definition) is 2. The Kier molecular flexibility index (Phi) is 4.15. The maximum atomic E-state index is 12.3. The molecule has 1 aromatic rings. The van der Waals surface area contributed by atoms with Crippen molar-refractivity contribution in [1.29, 1.82) is 0 Å².